The maximum atomic E-state index is 14.0. The second kappa shape index (κ2) is 8.86. The predicted molar refractivity (Wildman–Crippen MR) is 125 cm³/mol. The quantitative estimate of drug-likeness (QED) is 0.442. The first-order valence-corrected chi connectivity index (χ1v) is 11.3. The normalized spacial score (nSPS) is 16.5. The van der Waals surface area contributed by atoms with Gasteiger partial charge in [-0.15, -0.1) is 0 Å². The van der Waals surface area contributed by atoms with Crippen molar-refractivity contribution in [1.29, 1.82) is 0 Å². The molecule has 1 fully saturated rings. The van der Waals surface area contributed by atoms with Gasteiger partial charge in [0, 0.05) is 18.3 Å². The number of likely N-dealkylation sites (N-methyl/N-ethyl adjacent to an activating group) is 1. The number of fused-ring (bicyclic) bond motifs is 1. The van der Waals surface area contributed by atoms with Crippen LogP contribution in [-0.4, -0.2) is 56.1 Å². The molecule has 8 heteroatoms. The van der Waals surface area contributed by atoms with Crippen LogP contribution in [-0.2, 0) is 6.54 Å². The minimum absolute atomic E-state index is 0.313. The average molecular weight is 447 g/mol. The molecule has 1 aliphatic rings. The standard InChI is InChI=1S/C25H27FN6O/c1-4-33-25-28-16(2)22-24(30-25)32(23(29-22)20-11-21(26)13-27-12-20)14-17-5-7-18(8-6-17)19-9-10-31(3)15-19/h5-8,11-13,19H,4,9-10,14-15H2,1-3H3. The van der Waals surface area contributed by atoms with Crippen molar-refractivity contribution >= 4 is 11.2 Å². The molecule has 1 unspecified atom stereocenters. The van der Waals surface area contributed by atoms with E-state index in [0.717, 1.165) is 18.7 Å². The van der Waals surface area contributed by atoms with Gasteiger partial charge in [-0.1, -0.05) is 24.3 Å². The van der Waals surface area contributed by atoms with Gasteiger partial charge in [-0.3, -0.25) is 4.98 Å². The van der Waals surface area contributed by atoms with Crippen molar-refractivity contribution < 1.29 is 9.13 Å². The number of aromatic nitrogens is 5. The summed E-state index contributed by atoms with van der Waals surface area (Å²) in [6.07, 6.45) is 4.00. The van der Waals surface area contributed by atoms with E-state index in [9.17, 15) is 4.39 Å². The Hall–Kier alpha value is -3.39. The summed E-state index contributed by atoms with van der Waals surface area (Å²) in [6.45, 7) is 7.02. The number of hydrogen-bond donors (Lipinski definition) is 0. The summed E-state index contributed by atoms with van der Waals surface area (Å²) in [4.78, 5) is 20.2. The topological polar surface area (TPSA) is 69.0 Å². The van der Waals surface area contributed by atoms with Crippen LogP contribution in [0.5, 0.6) is 6.01 Å². The molecule has 0 aliphatic carbocycles. The van der Waals surface area contributed by atoms with Gasteiger partial charge in [0.05, 0.1) is 25.0 Å². The van der Waals surface area contributed by atoms with E-state index < -0.39 is 5.82 Å². The highest BCUT2D eigenvalue weighted by atomic mass is 19.1. The average Bonchev–Trinajstić information content (AvgIpc) is 3.39. The smallest absolute Gasteiger partial charge is 0.318 e. The summed E-state index contributed by atoms with van der Waals surface area (Å²) in [5.41, 5.74) is 5.12. The zero-order valence-corrected chi connectivity index (χ0v) is 19.1. The minimum atomic E-state index is -0.408. The fraction of sp³-hybridized carbons (Fsp3) is 0.360. The van der Waals surface area contributed by atoms with Gasteiger partial charge in [-0.2, -0.15) is 9.97 Å². The molecule has 0 saturated carbocycles. The molecule has 0 N–H and O–H groups in total. The van der Waals surface area contributed by atoms with Crippen LogP contribution in [0.15, 0.2) is 42.7 Å². The van der Waals surface area contributed by atoms with Gasteiger partial charge in [0.25, 0.3) is 0 Å². The van der Waals surface area contributed by atoms with Crippen LogP contribution in [0.4, 0.5) is 4.39 Å². The molecular formula is C25H27FN6O. The lowest BCUT2D eigenvalue weighted by Gasteiger charge is -2.13. The van der Waals surface area contributed by atoms with Gasteiger partial charge in [-0.05, 0) is 57.0 Å². The lowest BCUT2D eigenvalue weighted by atomic mass is 9.97. The third-order valence-corrected chi connectivity index (χ3v) is 6.17. The van der Waals surface area contributed by atoms with Crippen LogP contribution >= 0.6 is 0 Å². The van der Waals surface area contributed by atoms with Crippen LogP contribution in [0.2, 0.25) is 0 Å². The molecule has 0 spiro atoms. The van der Waals surface area contributed by atoms with E-state index in [1.165, 1.54) is 24.2 Å². The minimum Gasteiger partial charge on any atom is -0.464 e. The highest BCUT2D eigenvalue weighted by Gasteiger charge is 2.22. The summed E-state index contributed by atoms with van der Waals surface area (Å²) in [5, 5.41) is 0. The van der Waals surface area contributed by atoms with Crippen molar-refractivity contribution in [1.82, 2.24) is 29.4 Å². The molecule has 0 amide bonds. The van der Waals surface area contributed by atoms with E-state index in [4.69, 9.17) is 9.72 Å². The Balaban J connectivity index is 1.57. The van der Waals surface area contributed by atoms with Crippen molar-refractivity contribution in [3.63, 3.8) is 0 Å². The number of halogens is 1. The first-order chi connectivity index (χ1) is 16.0. The molecule has 5 rings (SSSR count). The summed E-state index contributed by atoms with van der Waals surface area (Å²) in [5.74, 6) is 0.774. The highest BCUT2D eigenvalue weighted by Crippen LogP contribution is 2.29. The van der Waals surface area contributed by atoms with E-state index in [1.54, 1.807) is 6.20 Å². The molecule has 4 aromatic rings. The molecule has 4 heterocycles. The van der Waals surface area contributed by atoms with E-state index >= 15 is 0 Å². The number of benzene rings is 1. The molecule has 1 saturated heterocycles. The number of hydrogen-bond acceptors (Lipinski definition) is 6. The Morgan fingerprint density at radius 1 is 1.12 bits per heavy atom. The maximum Gasteiger partial charge on any atom is 0.318 e. The van der Waals surface area contributed by atoms with Crippen molar-refractivity contribution in [3.8, 4) is 17.4 Å². The Labute approximate surface area is 192 Å². The zero-order chi connectivity index (χ0) is 22.9. The van der Waals surface area contributed by atoms with Gasteiger partial charge < -0.3 is 14.2 Å². The Morgan fingerprint density at radius 2 is 1.94 bits per heavy atom. The van der Waals surface area contributed by atoms with Gasteiger partial charge in [0.2, 0.25) is 0 Å². The van der Waals surface area contributed by atoms with Gasteiger partial charge in [0.15, 0.2) is 5.65 Å². The predicted octanol–water partition coefficient (Wildman–Crippen LogP) is 4.20. The number of aryl methyl sites for hydroxylation is 1. The lowest BCUT2D eigenvalue weighted by molar-refractivity contribution is 0.313. The van der Waals surface area contributed by atoms with Crippen LogP contribution < -0.4 is 4.74 Å². The fourth-order valence-corrected chi connectivity index (χ4v) is 4.50. The number of ether oxygens (including phenoxy) is 1. The second-order valence-electron chi connectivity index (χ2n) is 8.60. The summed E-state index contributed by atoms with van der Waals surface area (Å²) < 4.78 is 21.5. The molecule has 33 heavy (non-hydrogen) atoms. The van der Waals surface area contributed by atoms with Crippen molar-refractivity contribution in [3.05, 3.63) is 65.4 Å². The number of imidazole rings is 1. The highest BCUT2D eigenvalue weighted by molar-refractivity contribution is 5.79. The van der Waals surface area contributed by atoms with Crippen LogP contribution in [0.3, 0.4) is 0 Å². The summed E-state index contributed by atoms with van der Waals surface area (Å²) in [7, 11) is 2.17. The van der Waals surface area contributed by atoms with Gasteiger partial charge in [0.1, 0.15) is 17.2 Å². The Morgan fingerprint density at radius 3 is 2.64 bits per heavy atom. The van der Waals surface area contributed by atoms with Gasteiger partial charge in [-0.25, -0.2) is 9.37 Å². The van der Waals surface area contributed by atoms with Crippen molar-refractivity contribution in [2.24, 2.45) is 0 Å². The zero-order valence-electron chi connectivity index (χ0n) is 19.1. The summed E-state index contributed by atoms with van der Waals surface area (Å²) in [6, 6.07) is 10.5. The number of pyridine rings is 1. The molecule has 1 aliphatic heterocycles. The molecule has 1 aromatic carbocycles. The third-order valence-electron chi connectivity index (χ3n) is 6.17. The first kappa shape index (κ1) is 21.5. The molecular weight excluding hydrogens is 419 g/mol. The number of likely N-dealkylation sites (tertiary alicyclic amines) is 1. The monoisotopic (exact) mass is 446 g/mol. The second-order valence-corrected chi connectivity index (χ2v) is 8.60. The molecule has 7 nitrogen and oxygen atoms in total. The maximum absolute atomic E-state index is 14.0. The first-order valence-electron chi connectivity index (χ1n) is 11.3. The molecule has 0 bridgehead atoms. The number of nitrogens with zero attached hydrogens (tertiary/aromatic N) is 6. The lowest BCUT2D eigenvalue weighted by Crippen LogP contribution is -2.13. The molecule has 3 aromatic heterocycles. The summed E-state index contributed by atoms with van der Waals surface area (Å²) >= 11 is 0. The number of rotatable bonds is 6. The van der Waals surface area contributed by atoms with Crippen LogP contribution in [0.1, 0.15) is 36.1 Å². The van der Waals surface area contributed by atoms with E-state index in [1.807, 2.05) is 18.4 Å². The van der Waals surface area contributed by atoms with Gasteiger partial charge >= 0.3 is 6.01 Å². The Kier molecular flexibility index (Phi) is 5.76. The Bertz CT molecular complexity index is 1290. The largest absolute Gasteiger partial charge is 0.464 e. The van der Waals surface area contributed by atoms with E-state index in [-0.39, 0.29) is 0 Å². The molecule has 170 valence electrons. The fourth-order valence-electron chi connectivity index (χ4n) is 4.50. The van der Waals surface area contributed by atoms with Crippen molar-refractivity contribution in [2.75, 3.05) is 26.7 Å². The molecule has 1 atom stereocenters. The van der Waals surface area contributed by atoms with Crippen LogP contribution in [0, 0.1) is 12.7 Å². The SMILES string of the molecule is CCOc1nc(C)c2nc(-c3cncc(F)c3)n(Cc3ccc(C4CCN(C)C4)cc3)c2n1. The van der Waals surface area contributed by atoms with E-state index in [2.05, 4.69) is 51.2 Å². The molecule has 0 radical (unpaired) electrons. The van der Waals surface area contributed by atoms with E-state index in [0.29, 0.717) is 53.3 Å². The van der Waals surface area contributed by atoms with Crippen LogP contribution in [0.25, 0.3) is 22.6 Å². The van der Waals surface area contributed by atoms with Crippen molar-refractivity contribution in [2.45, 2.75) is 32.7 Å². The third kappa shape index (κ3) is 4.30.